The Morgan fingerprint density at radius 2 is 1.89 bits per heavy atom. The first-order chi connectivity index (χ1) is 13.5. The van der Waals surface area contributed by atoms with Crippen molar-refractivity contribution in [2.24, 2.45) is 0 Å². The van der Waals surface area contributed by atoms with Gasteiger partial charge in [-0.05, 0) is 19.9 Å². The molecule has 6 nitrogen and oxygen atoms in total. The lowest BCUT2D eigenvalue weighted by Gasteiger charge is -2.04. The number of aromatic nitrogens is 2. The minimum absolute atomic E-state index is 0.263. The molecular weight excluding hydrogens is 394 g/mol. The van der Waals surface area contributed by atoms with Crippen LogP contribution in [0.4, 0.5) is 5.00 Å². The number of thiophene rings is 1. The van der Waals surface area contributed by atoms with Crippen molar-refractivity contribution in [3.8, 4) is 11.3 Å². The van der Waals surface area contributed by atoms with Gasteiger partial charge in [-0.15, -0.1) is 11.3 Å². The van der Waals surface area contributed by atoms with Gasteiger partial charge in [0.25, 0.3) is 5.91 Å². The molecule has 0 aliphatic carbocycles. The third kappa shape index (κ3) is 3.21. The Morgan fingerprint density at radius 3 is 2.57 bits per heavy atom. The number of aryl methyl sites for hydroxylation is 2. The fraction of sp³-hybridized carbons (Fsp3) is 0.150. The number of hydrogen-bond donors (Lipinski definition) is 1. The van der Waals surface area contributed by atoms with Gasteiger partial charge in [-0.1, -0.05) is 41.7 Å². The van der Waals surface area contributed by atoms with Crippen LogP contribution >= 0.6 is 22.7 Å². The summed E-state index contributed by atoms with van der Waals surface area (Å²) >= 11 is 2.67. The number of ether oxygens (including phenoxy) is 1. The molecule has 0 atom stereocenters. The molecule has 28 heavy (non-hydrogen) atoms. The number of nitrogens with one attached hydrogen (secondary N) is 1. The molecule has 0 saturated carbocycles. The van der Waals surface area contributed by atoms with Crippen molar-refractivity contribution < 1.29 is 14.3 Å². The van der Waals surface area contributed by atoms with Gasteiger partial charge in [-0.25, -0.2) is 9.78 Å². The summed E-state index contributed by atoms with van der Waals surface area (Å²) in [6.07, 6.45) is 1.93. The number of carbonyl (C=O) groups excluding carboxylic acids is 2. The van der Waals surface area contributed by atoms with Gasteiger partial charge in [0.1, 0.15) is 9.88 Å². The fourth-order valence-electron chi connectivity index (χ4n) is 2.94. The topological polar surface area (TPSA) is 72.7 Å². The van der Waals surface area contributed by atoms with E-state index in [1.165, 1.54) is 29.8 Å². The van der Waals surface area contributed by atoms with Crippen molar-refractivity contribution in [2.75, 3.05) is 12.4 Å². The number of methoxy groups -OCH3 is 1. The molecular formula is C20H17N3O3S2. The van der Waals surface area contributed by atoms with Crippen LogP contribution in [0.1, 0.15) is 30.6 Å². The maximum absolute atomic E-state index is 12.8. The van der Waals surface area contributed by atoms with Gasteiger partial charge in [0.05, 0.1) is 18.4 Å². The zero-order valence-corrected chi connectivity index (χ0v) is 17.1. The third-order valence-electron chi connectivity index (χ3n) is 4.32. The normalized spacial score (nSPS) is 11.0. The Bertz CT molecular complexity index is 1190. The number of nitrogens with zero attached hydrogens (tertiary/aromatic N) is 2. The van der Waals surface area contributed by atoms with Gasteiger partial charge >= 0.3 is 5.97 Å². The van der Waals surface area contributed by atoms with Crippen LogP contribution in [-0.4, -0.2) is 28.4 Å². The number of fused-ring (bicyclic) bond motifs is 1. The molecule has 3 aromatic heterocycles. The number of benzene rings is 1. The molecule has 0 unspecified atom stereocenters. The van der Waals surface area contributed by atoms with Crippen LogP contribution in [0.2, 0.25) is 0 Å². The molecule has 3 heterocycles. The Hall–Kier alpha value is -2.97. The van der Waals surface area contributed by atoms with Crippen molar-refractivity contribution in [3.05, 3.63) is 63.6 Å². The van der Waals surface area contributed by atoms with Crippen molar-refractivity contribution in [1.82, 2.24) is 9.38 Å². The monoisotopic (exact) mass is 411 g/mol. The smallest absolute Gasteiger partial charge is 0.340 e. The van der Waals surface area contributed by atoms with Crippen LogP contribution in [0.25, 0.3) is 16.2 Å². The van der Waals surface area contributed by atoms with Gasteiger partial charge < -0.3 is 10.1 Å². The van der Waals surface area contributed by atoms with E-state index in [0.29, 0.717) is 15.4 Å². The van der Waals surface area contributed by atoms with E-state index in [4.69, 9.17) is 4.74 Å². The molecule has 0 saturated heterocycles. The van der Waals surface area contributed by atoms with E-state index < -0.39 is 5.97 Å². The van der Waals surface area contributed by atoms with E-state index in [1.807, 2.05) is 54.8 Å². The van der Waals surface area contributed by atoms with Crippen molar-refractivity contribution >= 4 is 44.5 Å². The highest BCUT2D eigenvalue weighted by molar-refractivity contribution is 7.19. The lowest BCUT2D eigenvalue weighted by Crippen LogP contribution is -2.13. The van der Waals surface area contributed by atoms with Crippen LogP contribution in [0, 0.1) is 13.8 Å². The number of hydrogen-bond acceptors (Lipinski definition) is 6. The second-order valence-electron chi connectivity index (χ2n) is 6.21. The van der Waals surface area contributed by atoms with Crippen molar-refractivity contribution in [2.45, 2.75) is 13.8 Å². The van der Waals surface area contributed by atoms with Crippen LogP contribution in [0.5, 0.6) is 0 Å². The van der Waals surface area contributed by atoms with Gasteiger partial charge in [-0.3, -0.25) is 9.20 Å². The Kier molecular flexibility index (Phi) is 4.74. The Morgan fingerprint density at radius 1 is 1.14 bits per heavy atom. The molecule has 0 fully saturated rings. The highest BCUT2D eigenvalue weighted by atomic mass is 32.1. The molecule has 1 amide bonds. The lowest BCUT2D eigenvalue weighted by atomic mass is 10.2. The minimum Gasteiger partial charge on any atom is -0.465 e. The quantitative estimate of drug-likeness (QED) is 0.491. The largest absolute Gasteiger partial charge is 0.465 e. The molecule has 0 aliphatic rings. The summed E-state index contributed by atoms with van der Waals surface area (Å²) in [6, 6.07) is 11.6. The molecule has 0 radical (unpaired) electrons. The summed E-state index contributed by atoms with van der Waals surface area (Å²) in [5.74, 6) is -0.730. The molecule has 0 aliphatic heterocycles. The highest BCUT2D eigenvalue weighted by Gasteiger charge is 2.22. The average molecular weight is 412 g/mol. The van der Waals surface area contributed by atoms with Gasteiger partial charge in [0, 0.05) is 22.3 Å². The van der Waals surface area contributed by atoms with E-state index in [1.54, 1.807) is 6.07 Å². The van der Waals surface area contributed by atoms with E-state index in [-0.39, 0.29) is 5.91 Å². The highest BCUT2D eigenvalue weighted by Crippen LogP contribution is 2.31. The summed E-state index contributed by atoms with van der Waals surface area (Å²) < 4.78 is 6.72. The summed E-state index contributed by atoms with van der Waals surface area (Å²) in [6.45, 7) is 3.76. The zero-order chi connectivity index (χ0) is 19.8. The van der Waals surface area contributed by atoms with Gasteiger partial charge in [0.15, 0.2) is 4.96 Å². The lowest BCUT2D eigenvalue weighted by molar-refractivity contribution is 0.0602. The van der Waals surface area contributed by atoms with Gasteiger partial charge in [-0.2, -0.15) is 0 Å². The number of carbonyl (C=O) groups is 2. The number of thiazole rings is 1. The number of amides is 1. The number of rotatable bonds is 4. The van der Waals surface area contributed by atoms with E-state index in [9.17, 15) is 9.59 Å². The first-order valence-corrected chi connectivity index (χ1v) is 10.1. The molecule has 1 N–H and O–H groups in total. The Labute approximate surface area is 169 Å². The van der Waals surface area contributed by atoms with Crippen LogP contribution in [0.3, 0.4) is 0 Å². The van der Waals surface area contributed by atoms with E-state index in [0.717, 1.165) is 26.8 Å². The predicted molar refractivity (Wildman–Crippen MR) is 112 cm³/mol. The molecule has 0 spiro atoms. The third-order valence-corrected chi connectivity index (χ3v) is 6.44. The van der Waals surface area contributed by atoms with Gasteiger partial charge in [0.2, 0.25) is 0 Å². The fourth-order valence-corrected chi connectivity index (χ4v) is 4.84. The summed E-state index contributed by atoms with van der Waals surface area (Å²) in [5.41, 5.74) is 3.06. The first kappa shape index (κ1) is 18.4. The SMILES string of the molecule is COC(=O)c1cc(C)sc1NC(=O)c1sc2nc(-c3ccccc3)cn2c1C. The molecule has 0 bridgehead atoms. The number of anilines is 1. The maximum atomic E-state index is 12.8. The van der Waals surface area contributed by atoms with Crippen LogP contribution in [-0.2, 0) is 4.74 Å². The first-order valence-electron chi connectivity index (χ1n) is 8.52. The van der Waals surface area contributed by atoms with Crippen LogP contribution in [0.15, 0.2) is 42.6 Å². The maximum Gasteiger partial charge on any atom is 0.340 e. The summed E-state index contributed by atoms with van der Waals surface area (Å²) in [4.78, 5) is 31.6. The average Bonchev–Trinajstić information content (AvgIpc) is 3.36. The van der Waals surface area contributed by atoms with E-state index >= 15 is 0 Å². The van der Waals surface area contributed by atoms with Crippen molar-refractivity contribution in [1.29, 1.82) is 0 Å². The number of esters is 1. The minimum atomic E-state index is -0.468. The van der Waals surface area contributed by atoms with Crippen LogP contribution < -0.4 is 5.32 Å². The summed E-state index contributed by atoms with van der Waals surface area (Å²) in [5, 5.41) is 3.34. The second kappa shape index (κ2) is 7.21. The zero-order valence-electron chi connectivity index (χ0n) is 15.5. The molecule has 4 rings (SSSR count). The molecule has 8 heteroatoms. The van der Waals surface area contributed by atoms with Crippen molar-refractivity contribution in [3.63, 3.8) is 0 Å². The standard InChI is InChI=1S/C20H17N3O3S2/c1-11-9-14(19(25)26-3)18(27-11)22-17(24)16-12(2)23-10-15(21-20(23)28-16)13-7-5-4-6-8-13/h4-10H,1-3H3,(H,22,24). The second-order valence-corrected chi connectivity index (χ2v) is 8.44. The molecule has 1 aromatic carbocycles. The Balaban J connectivity index is 1.65. The molecule has 142 valence electrons. The van der Waals surface area contributed by atoms with E-state index in [2.05, 4.69) is 10.3 Å². The summed E-state index contributed by atoms with van der Waals surface area (Å²) in [7, 11) is 1.32. The predicted octanol–water partition coefficient (Wildman–Crippen LogP) is 4.78. The molecule has 4 aromatic rings. The number of imidazole rings is 1.